The van der Waals surface area contributed by atoms with Crippen molar-refractivity contribution in [2.75, 3.05) is 18.5 Å². The minimum absolute atomic E-state index is 0.180. The van der Waals surface area contributed by atoms with E-state index in [9.17, 15) is 13.2 Å². The summed E-state index contributed by atoms with van der Waals surface area (Å²) in [6.45, 7) is 4.41. The van der Waals surface area contributed by atoms with E-state index in [2.05, 4.69) is 10.6 Å². The average molecular weight is 369 g/mol. The molecule has 9 heteroatoms. The molecule has 1 atom stereocenters. The van der Waals surface area contributed by atoms with Crippen LogP contribution in [0.5, 0.6) is 0 Å². The fourth-order valence-electron chi connectivity index (χ4n) is 2.07. The van der Waals surface area contributed by atoms with Crippen LogP contribution in [0.1, 0.15) is 19.4 Å². The SMILES string of the molecule is CC1(C)OCC(CNC(=S)Nc2ccc(Cl)c(C(F)(F)F)c2)O1. The first-order valence-electron chi connectivity index (χ1n) is 6.80. The van der Waals surface area contributed by atoms with Crippen LogP contribution in [0.4, 0.5) is 18.9 Å². The Morgan fingerprint density at radius 3 is 2.70 bits per heavy atom. The molecule has 1 saturated heterocycles. The number of ether oxygens (including phenoxy) is 2. The Labute approximate surface area is 142 Å². The van der Waals surface area contributed by atoms with Crippen molar-refractivity contribution >= 4 is 34.6 Å². The molecule has 23 heavy (non-hydrogen) atoms. The summed E-state index contributed by atoms with van der Waals surface area (Å²) in [7, 11) is 0. The van der Waals surface area contributed by atoms with E-state index in [1.54, 1.807) is 13.8 Å². The van der Waals surface area contributed by atoms with E-state index in [1.165, 1.54) is 12.1 Å². The number of hydrogen-bond donors (Lipinski definition) is 2. The van der Waals surface area contributed by atoms with Crippen molar-refractivity contribution in [2.24, 2.45) is 0 Å². The topological polar surface area (TPSA) is 42.5 Å². The Morgan fingerprint density at radius 1 is 1.43 bits per heavy atom. The molecule has 0 amide bonds. The molecule has 1 heterocycles. The Morgan fingerprint density at radius 2 is 2.13 bits per heavy atom. The summed E-state index contributed by atoms with van der Waals surface area (Å²) in [5, 5.41) is 5.40. The van der Waals surface area contributed by atoms with Crippen molar-refractivity contribution in [1.82, 2.24) is 5.32 Å². The maximum Gasteiger partial charge on any atom is 0.417 e. The average Bonchev–Trinajstić information content (AvgIpc) is 2.77. The highest BCUT2D eigenvalue weighted by Gasteiger charge is 2.34. The summed E-state index contributed by atoms with van der Waals surface area (Å²) >= 11 is 10.6. The summed E-state index contributed by atoms with van der Waals surface area (Å²) in [6, 6.07) is 3.50. The van der Waals surface area contributed by atoms with Crippen LogP contribution in [0.3, 0.4) is 0 Å². The third kappa shape index (κ3) is 5.20. The van der Waals surface area contributed by atoms with Gasteiger partial charge in [-0.1, -0.05) is 11.6 Å². The van der Waals surface area contributed by atoms with Gasteiger partial charge in [-0.15, -0.1) is 0 Å². The molecule has 0 radical (unpaired) electrons. The molecule has 128 valence electrons. The predicted octanol–water partition coefficient (Wildman–Crippen LogP) is 3.80. The van der Waals surface area contributed by atoms with Crippen molar-refractivity contribution < 1.29 is 22.6 Å². The lowest BCUT2D eigenvalue weighted by Crippen LogP contribution is -2.36. The van der Waals surface area contributed by atoms with Crippen LogP contribution in [0.2, 0.25) is 5.02 Å². The molecule has 4 nitrogen and oxygen atoms in total. The summed E-state index contributed by atoms with van der Waals surface area (Å²) < 4.78 is 49.4. The van der Waals surface area contributed by atoms with Gasteiger partial charge in [0.25, 0.3) is 0 Å². The number of thiocarbonyl (C=S) groups is 1. The molecule has 1 fully saturated rings. The first-order chi connectivity index (χ1) is 10.6. The number of alkyl halides is 3. The van der Waals surface area contributed by atoms with Crippen LogP contribution in [-0.2, 0) is 15.7 Å². The Bertz CT molecular complexity index is 596. The normalized spacial score (nSPS) is 20.3. The van der Waals surface area contributed by atoms with Crippen molar-refractivity contribution in [3.8, 4) is 0 Å². The molecule has 0 aliphatic carbocycles. The number of nitrogens with one attached hydrogen (secondary N) is 2. The lowest BCUT2D eigenvalue weighted by atomic mass is 10.2. The predicted molar refractivity (Wildman–Crippen MR) is 85.6 cm³/mol. The molecular weight excluding hydrogens is 353 g/mol. The van der Waals surface area contributed by atoms with Crippen molar-refractivity contribution in [3.63, 3.8) is 0 Å². The Balaban J connectivity index is 1.91. The highest BCUT2D eigenvalue weighted by Crippen LogP contribution is 2.36. The number of rotatable bonds is 3. The quantitative estimate of drug-likeness (QED) is 0.794. The molecule has 2 N–H and O–H groups in total. The fraction of sp³-hybridized carbons (Fsp3) is 0.500. The van der Waals surface area contributed by atoms with E-state index in [4.69, 9.17) is 33.3 Å². The van der Waals surface area contributed by atoms with Gasteiger partial charge >= 0.3 is 6.18 Å². The lowest BCUT2D eigenvalue weighted by Gasteiger charge is -2.18. The minimum atomic E-state index is -4.52. The second-order valence-corrected chi connectivity index (χ2v) is 6.29. The molecule has 1 aliphatic rings. The van der Waals surface area contributed by atoms with Gasteiger partial charge in [-0.2, -0.15) is 13.2 Å². The standard InChI is InChI=1S/C14H16ClF3N2O2S/c1-13(2)21-7-9(22-13)6-19-12(23)20-8-3-4-11(15)10(5-8)14(16,17)18/h3-5,9H,6-7H2,1-2H3,(H2,19,20,23). The second kappa shape index (κ2) is 6.80. The lowest BCUT2D eigenvalue weighted by molar-refractivity contribution is -0.138. The van der Waals surface area contributed by atoms with Crippen LogP contribution >= 0.6 is 23.8 Å². The highest BCUT2D eigenvalue weighted by molar-refractivity contribution is 7.80. The van der Waals surface area contributed by atoms with E-state index < -0.39 is 17.5 Å². The zero-order valence-corrected chi connectivity index (χ0v) is 14.0. The minimum Gasteiger partial charge on any atom is -0.360 e. The maximum absolute atomic E-state index is 12.8. The van der Waals surface area contributed by atoms with E-state index in [1.807, 2.05) is 0 Å². The molecule has 2 rings (SSSR count). The monoisotopic (exact) mass is 368 g/mol. The Hall–Kier alpha value is -1.09. The van der Waals surface area contributed by atoms with Gasteiger partial charge in [0.1, 0.15) is 6.10 Å². The van der Waals surface area contributed by atoms with Gasteiger partial charge in [-0.05, 0) is 44.3 Å². The van der Waals surface area contributed by atoms with Gasteiger partial charge < -0.3 is 20.1 Å². The fourth-order valence-corrected chi connectivity index (χ4v) is 2.49. The van der Waals surface area contributed by atoms with Gasteiger partial charge in [-0.25, -0.2) is 0 Å². The molecule has 1 aromatic rings. The van der Waals surface area contributed by atoms with Crippen molar-refractivity contribution in [2.45, 2.75) is 31.9 Å². The van der Waals surface area contributed by atoms with Gasteiger partial charge in [0, 0.05) is 12.2 Å². The molecule has 1 aliphatic heterocycles. The number of anilines is 1. The smallest absolute Gasteiger partial charge is 0.360 e. The second-order valence-electron chi connectivity index (χ2n) is 5.48. The molecule has 1 aromatic carbocycles. The van der Waals surface area contributed by atoms with Gasteiger partial charge in [0.2, 0.25) is 0 Å². The molecule has 0 aromatic heterocycles. The molecule has 1 unspecified atom stereocenters. The zero-order chi connectivity index (χ0) is 17.3. The van der Waals surface area contributed by atoms with Gasteiger partial charge in [0.15, 0.2) is 10.9 Å². The largest absolute Gasteiger partial charge is 0.417 e. The number of halogens is 4. The molecular formula is C14H16ClF3N2O2S. The summed E-state index contributed by atoms with van der Waals surface area (Å²) in [4.78, 5) is 0. The maximum atomic E-state index is 12.8. The van der Waals surface area contributed by atoms with E-state index in [0.717, 1.165) is 6.07 Å². The van der Waals surface area contributed by atoms with Crippen LogP contribution < -0.4 is 10.6 Å². The highest BCUT2D eigenvalue weighted by atomic mass is 35.5. The van der Waals surface area contributed by atoms with Crippen LogP contribution in [0, 0.1) is 0 Å². The molecule has 0 bridgehead atoms. The van der Waals surface area contributed by atoms with E-state index in [-0.39, 0.29) is 21.9 Å². The van der Waals surface area contributed by atoms with Crippen LogP contribution in [0.25, 0.3) is 0 Å². The summed E-state index contributed by atoms with van der Waals surface area (Å²) in [5.74, 6) is -0.640. The third-order valence-corrected chi connectivity index (χ3v) is 3.66. The first kappa shape index (κ1) is 18.3. The number of benzene rings is 1. The zero-order valence-electron chi connectivity index (χ0n) is 12.5. The van der Waals surface area contributed by atoms with E-state index >= 15 is 0 Å². The van der Waals surface area contributed by atoms with Gasteiger partial charge in [0.05, 0.1) is 17.2 Å². The van der Waals surface area contributed by atoms with Crippen LogP contribution in [-0.4, -0.2) is 30.2 Å². The third-order valence-electron chi connectivity index (χ3n) is 3.09. The molecule has 0 spiro atoms. The number of hydrogen-bond acceptors (Lipinski definition) is 3. The van der Waals surface area contributed by atoms with Gasteiger partial charge in [-0.3, -0.25) is 0 Å². The summed E-state index contributed by atoms with van der Waals surface area (Å²) in [5.41, 5.74) is -0.718. The Kier molecular flexibility index (Phi) is 5.40. The van der Waals surface area contributed by atoms with Crippen molar-refractivity contribution in [1.29, 1.82) is 0 Å². The van der Waals surface area contributed by atoms with Crippen LogP contribution in [0.15, 0.2) is 18.2 Å². The van der Waals surface area contributed by atoms with Crippen molar-refractivity contribution in [3.05, 3.63) is 28.8 Å². The molecule has 0 saturated carbocycles. The first-order valence-corrected chi connectivity index (χ1v) is 7.59. The van der Waals surface area contributed by atoms with E-state index in [0.29, 0.717) is 13.2 Å². The summed E-state index contributed by atoms with van der Waals surface area (Å²) in [6.07, 6.45) is -4.70.